The summed E-state index contributed by atoms with van der Waals surface area (Å²) in [5.41, 5.74) is 6.44. The number of fused-ring (bicyclic) bond motifs is 4. The second-order valence-corrected chi connectivity index (χ2v) is 5.99. The maximum Gasteiger partial charge on any atom is 0.146 e. The predicted molar refractivity (Wildman–Crippen MR) is 81.5 cm³/mol. The van der Waals surface area contributed by atoms with Crippen molar-refractivity contribution >= 4 is 5.69 Å². The molecule has 102 valence electrons. The van der Waals surface area contributed by atoms with Crippen LogP contribution in [0.2, 0.25) is 0 Å². The van der Waals surface area contributed by atoms with Crippen LogP contribution in [0.5, 0.6) is 5.75 Å². The molecule has 2 atom stereocenters. The lowest BCUT2D eigenvalue weighted by molar-refractivity contribution is 0.156. The number of hydrogen-bond donors (Lipinski definition) is 1. The maximum absolute atomic E-state index is 6.39. The molecule has 0 bridgehead atoms. The highest BCUT2D eigenvalue weighted by Crippen LogP contribution is 2.44. The first-order valence-corrected chi connectivity index (χ1v) is 7.34. The van der Waals surface area contributed by atoms with Crippen LogP contribution in [0.3, 0.4) is 0 Å². The molecular formula is C18H19NO. The molecule has 0 aromatic heterocycles. The van der Waals surface area contributed by atoms with Gasteiger partial charge in [-0.3, -0.25) is 0 Å². The van der Waals surface area contributed by atoms with Gasteiger partial charge in [-0.1, -0.05) is 30.3 Å². The molecule has 1 N–H and O–H groups in total. The van der Waals surface area contributed by atoms with Crippen molar-refractivity contribution in [2.75, 3.05) is 5.32 Å². The van der Waals surface area contributed by atoms with E-state index in [-0.39, 0.29) is 6.10 Å². The van der Waals surface area contributed by atoms with Crippen LogP contribution >= 0.6 is 0 Å². The lowest BCUT2D eigenvalue weighted by atomic mass is 9.84. The first-order valence-electron chi connectivity index (χ1n) is 7.34. The molecule has 2 aromatic rings. The van der Waals surface area contributed by atoms with Crippen molar-refractivity contribution in [2.45, 2.75) is 38.8 Å². The summed E-state index contributed by atoms with van der Waals surface area (Å²) in [5, 5.41) is 3.70. The van der Waals surface area contributed by atoms with Gasteiger partial charge in [0.2, 0.25) is 0 Å². The van der Waals surface area contributed by atoms with E-state index < -0.39 is 0 Å². The maximum atomic E-state index is 6.39. The van der Waals surface area contributed by atoms with Gasteiger partial charge < -0.3 is 10.1 Å². The molecule has 2 nitrogen and oxygen atoms in total. The zero-order chi connectivity index (χ0) is 13.7. The molecule has 4 rings (SSSR count). The van der Waals surface area contributed by atoms with Gasteiger partial charge in [0.05, 0.1) is 11.7 Å². The average molecular weight is 265 g/mol. The lowest BCUT2D eigenvalue weighted by Gasteiger charge is -2.40. The number of anilines is 1. The summed E-state index contributed by atoms with van der Waals surface area (Å²) in [6.45, 7) is 4.26. The Kier molecular flexibility index (Phi) is 2.53. The van der Waals surface area contributed by atoms with Crippen LogP contribution in [-0.4, -0.2) is 6.04 Å². The fourth-order valence-electron chi connectivity index (χ4n) is 3.56. The van der Waals surface area contributed by atoms with E-state index in [1.807, 2.05) is 0 Å². The number of aryl methyl sites for hydroxylation is 3. The van der Waals surface area contributed by atoms with Crippen LogP contribution in [-0.2, 0) is 6.42 Å². The fourth-order valence-corrected chi connectivity index (χ4v) is 3.56. The molecule has 0 saturated carbocycles. The van der Waals surface area contributed by atoms with Crippen molar-refractivity contribution in [3.8, 4) is 5.75 Å². The molecule has 1 heterocycles. The highest BCUT2D eigenvalue weighted by atomic mass is 16.5. The second-order valence-electron chi connectivity index (χ2n) is 5.99. The number of ether oxygens (including phenoxy) is 1. The van der Waals surface area contributed by atoms with Crippen molar-refractivity contribution in [1.29, 1.82) is 0 Å². The van der Waals surface area contributed by atoms with Gasteiger partial charge in [0.1, 0.15) is 11.9 Å². The van der Waals surface area contributed by atoms with Crippen LogP contribution in [0.4, 0.5) is 5.69 Å². The van der Waals surface area contributed by atoms with Crippen LogP contribution in [0.15, 0.2) is 36.4 Å². The Morgan fingerprint density at radius 2 is 2.00 bits per heavy atom. The Labute approximate surface area is 119 Å². The van der Waals surface area contributed by atoms with E-state index in [9.17, 15) is 0 Å². The van der Waals surface area contributed by atoms with E-state index in [2.05, 4.69) is 55.6 Å². The third-order valence-electron chi connectivity index (χ3n) is 4.46. The largest absolute Gasteiger partial charge is 0.481 e. The summed E-state index contributed by atoms with van der Waals surface area (Å²) < 4.78 is 6.39. The van der Waals surface area contributed by atoms with E-state index in [0.29, 0.717) is 6.04 Å². The molecule has 1 aliphatic heterocycles. The van der Waals surface area contributed by atoms with Crippen molar-refractivity contribution < 1.29 is 4.74 Å². The minimum Gasteiger partial charge on any atom is -0.481 e. The van der Waals surface area contributed by atoms with Gasteiger partial charge in [0.25, 0.3) is 0 Å². The smallest absolute Gasteiger partial charge is 0.146 e. The minimum absolute atomic E-state index is 0.147. The average Bonchev–Trinajstić information content (AvgIpc) is 2.45. The number of benzene rings is 2. The summed E-state index contributed by atoms with van der Waals surface area (Å²) in [6.07, 6.45) is 2.41. The van der Waals surface area contributed by atoms with Crippen molar-refractivity contribution in [3.63, 3.8) is 0 Å². The summed E-state index contributed by atoms with van der Waals surface area (Å²) in [6, 6.07) is 13.4. The number of rotatable bonds is 0. The summed E-state index contributed by atoms with van der Waals surface area (Å²) in [4.78, 5) is 0. The van der Waals surface area contributed by atoms with Gasteiger partial charge in [-0.05, 0) is 55.0 Å². The molecule has 0 radical (unpaired) electrons. The third kappa shape index (κ3) is 1.71. The Hall–Kier alpha value is -1.96. The standard InChI is InChI=1S/C18H19NO/c1-11-9-12(2)17-16(10-11)19-15-8-7-13-5-3-4-6-14(13)18(15)20-17/h3-6,9-10,15,18-19H,7-8H2,1-2H3. The SMILES string of the molecule is Cc1cc(C)c2c(c1)NC1CCc3ccccc3C1O2. The van der Waals surface area contributed by atoms with E-state index in [0.717, 1.165) is 24.3 Å². The molecule has 2 unspecified atom stereocenters. The molecule has 0 fully saturated rings. The van der Waals surface area contributed by atoms with Crippen LogP contribution in [0.1, 0.15) is 34.8 Å². The highest BCUT2D eigenvalue weighted by Gasteiger charge is 2.35. The predicted octanol–water partition coefficient (Wildman–Crippen LogP) is 4.16. The number of nitrogens with one attached hydrogen (secondary N) is 1. The Bertz CT molecular complexity index is 677. The van der Waals surface area contributed by atoms with Gasteiger partial charge in [-0.2, -0.15) is 0 Å². The fraction of sp³-hybridized carbons (Fsp3) is 0.333. The van der Waals surface area contributed by atoms with Gasteiger partial charge in [0.15, 0.2) is 0 Å². The zero-order valence-electron chi connectivity index (χ0n) is 11.9. The Balaban J connectivity index is 1.80. The Morgan fingerprint density at radius 3 is 2.90 bits per heavy atom. The van der Waals surface area contributed by atoms with Crippen LogP contribution in [0.25, 0.3) is 0 Å². The van der Waals surface area contributed by atoms with Gasteiger partial charge in [-0.15, -0.1) is 0 Å². The number of hydrogen-bond acceptors (Lipinski definition) is 2. The second kappa shape index (κ2) is 4.27. The van der Waals surface area contributed by atoms with Gasteiger partial charge >= 0.3 is 0 Å². The molecule has 0 saturated heterocycles. The normalized spacial score (nSPS) is 22.9. The summed E-state index contributed by atoms with van der Waals surface area (Å²) in [5.74, 6) is 1.02. The van der Waals surface area contributed by atoms with Crippen molar-refractivity contribution in [2.24, 2.45) is 0 Å². The van der Waals surface area contributed by atoms with Crippen molar-refractivity contribution in [1.82, 2.24) is 0 Å². The van der Waals surface area contributed by atoms with Crippen molar-refractivity contribution in [3.05, 3.63) is 58.7 Å². The molecule has 1 aliphatic carbocycles. The molecule has 2 aliphatic rings. The van der Waals surface area contributed by atoms with E-state index >= 15 is 0 Å². The molecule has 2 heteroatoms. The molecule has 0 amide bonds. The first kappa shape index (κ1) is 11.8. The van der Waals surface area contributed by atoms with Gasteiger partial charge in [0, 0.05) is 0 Å². The zero-order valence-corrected chi connectivity index (χ0v) is 11.9. The van der Waals surface area contributed by atoms with E-state index in [1.54, 1.807) is 0 Å². The molecule has 2 aromatic carbocycles. The Morgan fingerprint density at radius 1 is 1.15 bits per heavy atom. The minimum atomic E-state index is 0.147. The summed E-state index contributed by atoms with van der Waals surface area (Å²) >= 11 is 0. The monoisotopic (exact) mass is 265 g/mol. The quantitative estimate of drug-likeness (QED) is 0.772. The highest BCUT2D eigenvalue weighted by molar-refractivity contribution is 5.64. The van der Waals surface area contributed by atoms with E-state index in [1.165, 1.54) is 22.3 Å². The van der Waals surface area contributed by atoms with Crippen LogP contribution < -0.4 is 10.1 Å². The lowest BCUT2D eigenvalue weighted by Crippen LogP contribution is -2.38. The van der Waals surface area contributed by atoms with Gasteiger partial charge in [-0.25, -0.2) is 0 Å². The van der Waals surface area contributed by atoms with Crippen LogP contribution in [0, 0.1) is 13.8 Å². The molecule has 20 heavy (non-hydrogen) atoms. The molecular weight excluding hydrogens is 246 g/mol. The topological polar surface area (TPSA) is 21.3 Å². The molecule has 0 spiro atoms. The summed E-state index contributed by atoms with van der Waals surface area (Å²) in [7, 11) is 0. The van der Waals surface area contributed by atoms with E-state index in [4.69, 9.17) is 4.74 Å². The third-order valence-corrected chi connectivity index (χ3v) is 4.46. The first-order chi connectivity index (χ1) is 9.72.